The van der Waals surface area contributed by atoms with Crippen LogP contribution < -0.4 is 0 Å². The van der Waals surface area contributed by atoms with Crippen molar-refractivity contribution in [2.24, 2.45) is 40.4 Å². The molecule has 0 heterocycles. The second-order valence-corrected chi connectivity index (χ2v) is 15.0. The van der Waals surface area contributed by atoms with Crippen LogP contribution in [0.5, 0.6) is 0 Å². The van der Waals surface area contributed by atoms with Crippen LogP contribution in [0.15, 0.2) is 11.6 Å². The van der Waals surface area contributed by atoms with E-state index >= 15 is 0 Å². The Balaban J connectivity index is 1.13. The van der Waals surface area contributed by atoms with Crippen molar-refractivity contribution in [1.82, 2.24) is 0 Å². The van der Waals surface area contributed by atoms with Crippen molar-refractivity contribution in [3.63, 3.8) is 0 Å². The zero-order valence-corrected chi connectivity index (χ0v) is 25.4. The Morgan fingerprint density at radius 3 is 2.47 bits per heavy atom. The highest BCUT2D eigenvalue weighted by atomic mass is 16.5. The van der Waals surface area contributed by atoms with Gasteiger partial charge in [0.2, 0.25) is 0 Å². The van der Waals surface area contributed by atoms with Gasteiger partial charge in [-0.05, 0) is 98.2 Å². The molecule has 5 rings (SSSR count). The third-order valence-corrected chi connectivity index (χ3v) is 12.9. The van der Waals surface area contributed by atoms with Crippen molar-refractivity contribution < 1.29 is 9.53 Å². The number of ether oxygens (including phenoxy) is 1. The molecule has 0 spiro atoms. The van der Waals surface area contributed by atoms with Crippen LogP contribution in [0.3, 0.4) is 0 Å². The molecule has 2 nitrogen and oxygen atoms in total. The molecule has 0 saturated heterocycles. The number of unbranched alkanes of at least 4 members (excludes halogenated alkanes) is 5. The summed E-state index contributed by atoms with van der Waals surface area (Å²) in [5.74, 6) is 4.51. The second kappa shape index (κ2) is 12.8. The van der Waals surface area contributed by atoms with Gasteiger partial charge in [0.05, 0.1) is 0 Å². The summed E-state index contributed by atoms with van der Waals surface area (Å²) in [6.45, 7) is 7.62. The number of carbonyl (C=O) groups excluding carboxylic acids is 1. The van der Waals surface area contributed by atoms with Crippen LogP contribution in [0.25, 0.3) is 0 Å². The van der Waals surface area contributed by atoms with Crippen LogP contribution in [-0.4, -0.2) is 12.1 Å². The molecule has 0 aromatic carbocycles. The Hall–Kier alpha value is -0.790. The van der Waals surface area contributed by atoms with Gasteiger partial charge in [-0.1, -0.05) is 103 Å². The molecule has 216 valence electrons. The molecule has 0 bridgehead atoms. The van der Waals surface area contributed by atoms with Crippen LogP contribution in [0.4, 0.5) is 0 Å². The average Bonchev–Trinajstić information content (AvgIpc) is 3.26. The van der Waals surface area contributed by atoms with Gasteiger partial charge in [-0.2, -0.15) is 0 Å². The highest BCUT2D eigenvalue weighted by molar-refractivity contribution is 5.69. The highest BCUT2D eigenvalue weighted by Crippen LogP contribution is 2.66. The van der Waals surface area contributed by atoms with Gasteiger partial charge in [0.25, 0.3) is 0 Å². The number of hydrogen-bond donors (Lipinski definition) is 0. The predicted molar refractivity (Wildman–Crippen MR) is 159 cm³/mol. The first-order valence-corrected chi connectivity index (χ1v) is 17.3. The third-order valence-electron chi connectivity index (χ3n) is 12.9. The average molecular weight is 525 g/mol. The summed E-state index contributed by atoms with van der Waals surface area (Å²) >= 11 is 0. The monoisotopic (exact) mass is 524 g/mol. The van der Waals surface area contributed by atoms with Crippen molar-refractivity contribution in [3.05, 3.63) is 11.6 Å². The molecule has 0 amide bonds. The fourth-order valence-corrected chi connectivity index (χ4v) is 10.5. The van der Waals surface area contributed by atoms with E-state index < -0.39 is 0 Å². The molecule has 5 aliphatic rings. The number of carbonyl (C=O) groups is 1. The maximum Gasteiger partial charge on any atom is 0.306 e. The Labute approximate surface area is 235 Å². The number of fused-ring (bicyclic) bond motifs is 5. The van der Waals surface area contributed by atoms with E-state index in [1.165, 1.54) is 116 Å². The molecule has 4 fully saturated rings. The van der Waals surface area contributed by atoms with Crippen LogP contribution in [0, 0.1) is 40.4 Å². The van der Waals surface area contributed by atoms with Crippen LogP contribution in [0.2, 0.25) is 0 Å². The molecule has 0 aromatic rings. The molecule has 0 N–H and O–H groups in total. The van der Waals surface area contributed by atoms with Crippen molar-refractivity contribution in [1.29, 1.82) is 0 Å². The van der Waals surface area contributed by atoms with Gasteiger partial charge in [-0.15, -0.1) is 0 Å². The predicted octanol–water partition coefficient (Wildman–Crippen LogP) is 10.6. The van der Waals surface area contributed by atoms with Crippen molar-refractivity contribution in [2.45, 2.75) is 168 Å². The molecular weight excluding hydrogens is 464 g/mol. The Morgan fingerprint density at radius 1 is 0.868 bits per heavy atom. The van der Waals surface area contributed by atoms with E-state index in [9.17, 15) is 4.79 Å². The first-order chi connectivity index (χ1) is 18.4. The van der Waals surface area contributed by atoms with E-state index in [-0.39, 0.29) is 12.1 Å². The smallest absolute Gasteiger partial charge is 0.306 e. The fraction of sp³-hybridized carbons (Fsp3) is 0.917. The maximum atomic E-state index is 12.7. The molecule has 7 atom stereocenters. The summed E-state index contributed by atoms with van der Waals surface area (Å²) < 4.78 is 6.10. The molecule has 0 radical (unpaired) electrons. The van der Waals surface area contributed by atoms with E-state index in [1.54, 1.807) is 5.57 Å². The zero-order valence-electron chi connectivity index (χ0n) is 25.4. The first-order valence-electron chi connectivity index (χ1n) is 17.3. The molecular formula is C36H60O2. The van der Waals surface area contributed by atoms with Crippen LogP contribution in [0.1, 0.15) is 162 Å². The van der Waals surface area contributed by atoms with Crippen molar-refractivity contribution in [3.8, 4) is 0 Å². The molecule has 38 heavy (non-hydrogen) atoms. The SMILES string of the molecule is CCCCCCCC[C@@H]1CC[C@@H]2[C@H]3CC=C4C[C@@H](OC(=O)CCC5CCCCC5)CC[C@]4(C)[C@H]3CC[C@]12C. The Kier molecular flexibility index (Phi) is 9.68. The summed E-state index contributed by atoms with van der Waals surface area (Å²) in [6.07, 6.45) is 31.8. The van der Waals surface area contributed by atoms with Gasteiger partial charge in [0, 0.05) is 12.8 Å². The molecule has 0 aliphatic heterocycles. The lowest BCUT2D eigenvalue weighted by Crippen LogP contribution is -2.50. The van der Waals surface area contributed by atoms with Crippen LogP contribution in [-0.2, 0) is 9.53 Å². The summed E-state index contributed by atoms with van der Waals surface area (Å²) in [4.78, 5) is 12.7. The molecule has 2 heteroatoms. The van der Waals surface area contributed by atoms with Gasteiger partial charge in [-0.3, -0.25) is 4.79 Å². The minimum atomic E-state index is 0.0780. The lowest BCUT2D eigenvalue weighted by Gasteiger charge is -2.58. The van der Waals surface area contributed by atoms with Crippen molar-refractivity contribution >= 4 is 5.97 Å². The van der Waals surface area contributed by atoms with E-state index in [1.807, 2.05) is 0 Å². The maximum absolute atomic E-state index is 12.7. The standard InChI is InChI=1S/C36H60O2/c1-4-5-6-7-8-12-15-28-18-20-32-31-19-17-29-26-30(38-34(37)21-16-27-13-10-9-11-14-27)22-24-36(29,3)33(31)23-25-35(28,32)2/h17,27-28,30-33H,4-16,18-26H2,1-3H3/t28-,30+,31-,32-,33+,35-,36+/m1/s1. The lowest BCUT2D eigenvalue weighted by molar-refractivity contribution is -0.152. The van der Waals surface area contributed by atoms with E-state index in [0.29, 0.717) is 17.3 Å². The quantitative estimate of drug-likeness (QED) is 0.153. The van der Waals surface area contributed by atoms with Gasteiger partial charge in [0.15, 0.2) is 0 Å². The summed E-state index contributed by atoms with van der Waals surface area (Å²) in [7, 11) is 0. The van der Waals surface area contributed by atoms with E-state index in [2.05, 4.69) is 26.8 Å². The third kappa shape index (κ3) is 6.10. The zero-order chi connectivity index (χ0) is 26.6. The number of hydrogen-bond acceptors (Lipinski definition) is 2. The van der Waals surface area contributed by atoms with Crippen LogP contribution >= 0.6 is 0 Å². The van der Waals surface area contributed by atoms with Gasteiger partial charge in [0.1, 0.15) is 6.10 Å². The molecule has 0 aromatic heterocycles. The second-order valence-electron chi connectivity index (χ2n) is 15.0. The first kappa shape index (κ1) is 28.7. The molecule has 0 unspecified atom stereocenters. The number of esters is 1. The van der Waals surface area contributed by atoms with Gasteiger partial charge >= 0.3 is 5.97 Å². The normalized spacial score (nSPS) is 39.1. The highest BCUT2D eigenvalue weighted by Gasteiger charge is 2.58. The van der Waals surface area contributed by atoms with E-state index in [4.69, 9.17) is 4.74 Å². The summed E-state index contributed by atoms with van der Waals surface area (Å²) in [5.41, 5.74) is 2.60. The van der Waals surface area contributed by atoms with Gasteiger partial charge < -0.3 is 4.74 Å². The van der Waals surface area contributed by atoms with Crippen molar-refractivity contribution in [2.75, 3.05) is 0 Å². The lowest BCUT2D eigenvalue weighted by atomic mass is 9.47. The summed E-state index contributed by atoms with van der Waals surface area (Å²) in [5, 5.41) is 0. The number of allylic oxidation sites excluding steroid dienone is 1. The van der Waals surface area contributed by atoms with E-state index in [0.717, 1.165) is 48.9 Å². The molecule has 5 aliphatic carbocycles. The fourth-order valence-electron chi connectivity index (χ4n) is 10.5. The Bertz CT molecular complexity index is 808. The largest absolute Gasteiger partial charge is 0.462 e. The minimum absolute atomic E-state index is 0.0780. The molecule has 4 saturated carbocycles. The van der Waals surface area contributed by atoms with Gasteiger partial charge in [-0.25, -0.2) is 0 Å². The topological polar surface area (TPSA) is 26.3 Å². The Morgan fingerprint density at radius 2 is 1.66 bits per heavy atom. The minimum Gasteiger partial charge on any atom is -0.462 e. The number of rotatable bonds is 11. The summed E-state index contributed by atoms with van der Waals surface area (Å²) in [6, 6.07) is 0.